The predicted octanol–water partition coefficient (Wildman–Crippen LogP) is 4.52. The number of hydrogen-bond acceptors (Lipinski definition) is 3. The Morgan fingerprint density at radius 1 is 1.38 bits per heavy atom. The van der Waals surface area contributed by atoms with Crippen LogP contribution in [0.4, 0.5) is 0 Å². The summed E-state index contributed by atoms with van der Waals surface area (Å²) in [5.74, 6) is 0.390. The van der Waals surface area contributed by atoms with Crippen molar-refractivity contribution in [2.45, 2.75) is 40.2 Å². The van der Waals surface area contributed by atoms with Crippen molar-refractivity contribution in [1.82, 2.24) is 9.78 Å². The van der Waals surface area contributed by atoms with Crippen molar-refractivity contribution in [3.63, 3.8) is 0 Å². The van der Waals surface area contributed by atoms with Gasteiger partial charge < -0.3 is 9.84 Å². The lowest BCUT2D eigenvalue weighted by molar-refractivity contribution is 0.0696. The van der Waals surface area contributed by atoms with Gasteiger partial charge in [0.2, 0.25) is 0 Å². The van der Waals surface area contributed by atoms with Crippen LogP contribution in [0.1, 0.15) is 48.3 Å². The monoisotopic (exact) mass is 394 g/mol. The van der Waals surface area contributed by atoms with Gasteiger partial charge in [-0.15, -0.1) is 0 Å². The van der Waals surface area contributed by atoms with Crippen LogP contribution in [0.3, 0.4) is 0 Å². The van der Waals surface area contributed by atoms with Crippen LogP contribution in [0.25, 0.3) is 0 Å². The first-order chi connectivity index (χ1) is 11.5. The summed E-state index contributed by atoms with van der Waals surface area (Å²) < 4.78 is 8.67. The molecule has 0 radical (unpaired) electrons. The van der Waals surface area contributed by atoms with E-state index in [0.29, 0.717) is 24.8 Å². The molecule has 0 fully saturated rings. The lowest BCUT2D eigenvalue weighted by Gasteiger charge is -2.17. The number of nitrogens with zero attached hydrogens (tertiary/aromatic N) is 2. The van der Waals surface area contributed by atoms with Crippen LogP contribution >= 0.6 is 15.9 Å². The average Bonchev–Trinajstić information content (AvgIpc) is 2.91. The summed E-state index contributed by atoms with van der Waals surface area (Å²) in [6.45, 7) is 7.25. The van der Waals surface area contributed by atoms with E-state index in [9.17, 15) is 4.79 Å². The van der Waals surface area contributed by atoms with E-state index >= 15 is 0 Å². The van der Waals surface area contributed by atoms with Crippen molar-refractivity contribution in [3.05, 3.63) is 45.7 Å². The molecule has 0 aliphatic carbocycles. The van der Waals surface area contributed by atoms with E-state index in [0.717, 1.165) is 28.6 Å². The van der Waals surface area contributed by atoms with Crippen molar-refractivity contribution in [1.29, 1.82) is 0 Å². The lowest BCUT2D eigenvalue weighted by atomic mass is 10.1. The standard InChI is InChI=1S/C18H23BrN2O3/c1-4-13(5-2)11-24-17-7-6-15(19)8-14(17)10-21-12(3)16(9-20-21)18(22)23/h6-9,13H,4-5,10-11H2,1-3H3,(H,22,23). The van der Waals surface area contributed by atoms with Crippen LogP contribution in [0, 0.1) is 12.8 Å². The Hall–Kier alpha value is -1.82. The molecule has 2 rings (SSSR count). The maximum atomic E-state index is 11.2. The number of carboxylic acid groups (broad SMARTS) is 1. The lowest BCUT2D eigenvalue weighted by Crippen LogP contribution is -2.12. The fourth-order valence-electron chi connectivity index (χ4n) is 2.52. The van der Waals surface area contributed by atoms with Crippen molar-refractivity contribution in [3.8, 4) is 5.75 Å². The van der Waals surface area contributed by atoms with E-state index in [2.05, 4.69) is 34.9 Å². The highest BCUT2D eigenvalue weighted by Crippen LogP contribution is 2.26. The smallest absolute Gasteiger partial charge is 0.339 e. The average molecular weight is 395 g/mol. The van der Waals surface area contributed by atoms with Crippen molar-refractivity contribution in [2.24, 2.45) is 5.92 Å². The van der Waals surface area contributed by atoms with E-state index in [1.807, 2.05) is 18.2 Å². The zero-order valence-corrected chi connectivity index (χ0v) is 15.8. The van der Waals surface area contributed by atoms with E-state index in [-0.39, 0.29) is 5.56 Å². The third-order valence-electron chi connectivity index (χ3n) is 4.31. The summed E-state index contributed by atoms with van der Waals surface area (Å²) >= 11 is 3.48. The number of ether oxygens (including phenoxy) is 1. The molecule has 0 saturated heterocycles. The van der Waals surface area contributed by atoms with Gasteiger partial charge in [-0.2, -0.15) is 5.10 Å². The van der Waals surface area contributed by atoms with Gasteiger partial charge in [-0.05, 0) is 31.0 Å². The fourth-order valence-corrected chi connectivity index (χ4v) is 2.93. The molecule has 6 heteroatoms. The topological polar surface area (TPSA) is 64.4 Å². The molecule has 2 aromatic rings. The van der Waals surface area contributed by atoms with Gasteiger partial charge in [-0.1, -0.05) is 42.6 Å². The molecule has 0 aliphatic heterocycles. The summed E-state index contributed by atoms with van der Waals surface area (Å²) in [6.07, 6.45) is 3.56. The van der Waals surface area contributed by atoms with E-state index in [1.54, 1.807) is 11.6 Å². The van der Waals surface area contributed by atoms with Gasteiger partial charge in [0.15, 0.2) is 0 Å². The number of carbonyl (C=O) groups is 1. The number of aromatic carboxylic acids is 1. The highest BCUT2D eigenvalue weighted by Gasteiger charge is 2.15. The number of benzene rings is 1. The number of halogens is 1. The highest BCUT2D eigenvalue weighted by atomic mass is 79.9. The first-order valence-corrected chi connectivity index (χ1v) is 8.92. The van der Waals surface area contributed by atoms with Gasteiger partial charge >= 0.3 is 5.97 Å². The number of hydrogen-bond donors (Lipinski definition) is 1. The minimum atomic E-state index is -0.960. The Balaban J connectivity index is 2.23. The van der Waals surface area contributed by atoms with Crippen LogP contribution in [0.2, 0.25) is 0 Å². The van der Waals surface area contributed by atoms with Gasteiger partial charge in [-0.3, -0.25) is 4.68 Å². The number of rotatable bonds is 8. The molecule has 1 aromatic heterocycles. The van der Waals surface area contributed by atoms with Crippen LogP contribution < -0.4 is 4.74 Å². The van der Waals surface area contributed by atoms with Crippen LogP contribution in [-0.4, -0.2) is 27.5 Å². The summed E-state index contributed by atoms with van der Waals surface area (Å²) in [5, 5.41) is 13.4. The summed E-state index contributed by atoms with van der Waals surface area (Å²) in [6, 6.07) is 5.88. The molecule has 0 atom stereocenters. The maximum absolute atomic E-state index is 11.2. The van der Waals surface area contributed by atoms with Gasteiger partial charge in [-0.25, -0.2) is 4.79 Å². The molecule has 0 saturated carbocycles. The molecular formula is C18H23BrN2O3. The predicted molar refractivity (Wildman–Crippen MR) is 96.7 cm³/mol. The first kappa shape index (κ1) is 18.5. The second-order valence-corrected chi connectivity index (χ2v) is 6.77. The summed E-state index contributed by atoms with van der Waals surface area (Å²) in [5.41, 5.74) is 1.83. The fraction of sp³-hybridized carbons (Fsp3) is 0.444. The Bertz CT molecular complexity index is 708. The largest absolute Gasteiger partial charge is 0.493 e. The second kappa shape index (κ2) is 8.33. The van der Waals surface area contributed by atoms with Crippen molar-refractivity contribution in [2.75, 3.05) is 6.61 Å². The molecule has 1 aromatic carbocycles. The second-order valence-electron chi connectivity index (χ2n) is 5.85. The van der Waals surface area contributed by atoms with E-state index in [1.165, 1.54) is 6.20 Å². The summed E-state index contributed by atoms with van der Waals surface area (Å²) in [4.78, 5) is 11.2. The quantitative estimate of drug-likeness (QED) is 0.714. The van der Waals surface area contributed by atoms with Crippen LogP contribution in [0.15, 0.2) is 28.9 Å². The molecule has 0 bridgehead atoms. The minimum absolute atomic E-state index is 0.226. The third kappa shape index (κ3) is 4.38. The molecule has 0 amide bonds. The Labute approximate surface area is 150 Å². The molecule has 24 heavy (non-hydrogen) atoms. The molecule has 130 valence electrons. The highest BCUT2D eigenvalue weighted by molar-refractivity contribution is 9.10. The molecule has 0 unspecified atom stereocenters. The zero-order valence-electron chi connectivity index (χ0n) is 14.3. The van der Waals surface area contributed by atoms with E-state index < -0.39 is 5.97 Å². The summed E-state index contributed by atoms with van der Waals surface area (Å²) in [7, 11) is 0. The van der Waals surface area contributed by atoms with Crippen LogP contribution in [-0.2, 0) is 6.54 Å². The molecule has 0 spiro atoms. The molecule has 1 heterocycles. The molecule has 1 N–H and O–H groups in total. The van der Waals surface area contributed by atoms with Gasteiger partial charge in [0.1, 0.15) is 11.3 Å². The maximum Gasteiger partial charge on any atom is 0.339 e. The van der Waals surface area contributed by atoms with E-state index in [4.69, 9.17) is 9.84 Å². The first-order valence-electron chi connectivity index (χ1n) is 8.13. The van der Waals surface area contributed by atoms with Gasteiger partial charge in [0, 0.05) is 10.0 Å². The molecule has 5 nitrogen and oxygen atoms in total. The van der Waals surface area contributed by atoms with Gasteiger partial charge in [0.25, 0.3) is 0 Å². The molecule has 0 aliphatic rings. The number of carboxylic acids is 1. The SMILES string of the molecule is CCC(CC)COc1ccc(Br)cc1Cn1ncc(C(=O)O)c1C. The minimum Gasteiger partial charge on any atom is -0.493 e. The molecular weight excluding hydrogens is 372 g/mol. The Morgan fingerprint density at radius 3 is 2.67 bits per heavy atom. The Morgan fingerprint density at radius 2 is 2.08 bits per heavy atom. The third-order valence-corrected chi connectivity index (χ3v) is 4.80. The Kier molecular flexibility index (Phi) is 6.43. The van der Waals surface area contributed by atoms with Gasteiger partial charge in [0.05, 0.1) is 25.0 Å². The normalized spacial score (nSPS) is 11.0. The van der Waals surface area contributed by atoms with Crippen molar-refractivity contribution >= 4 is 21.9 Å². The van der Waals surface area contributed by atoms with Crippen LogP contribution in [0.5, 0.6) is 5.75 Å². The zero-order chi connectivity index (χ0) is 17.7. The van der Waals surface area contributed by atoms with Crippen molar-refractivity contribution < 1.29 is 14.6 Å². The number of aromatic nitrogens is 2.